The van der Waals surface area contributed by atoms with Crippen LogP contribution in [0.15, 0.2) is 36.7 Å². The minimum absolute atomic E-state index is 0.0457. The standard InChI is InChI=1S/C14H15N3O3/c1-10-5-6-15-8-11(10)9-16-12-3-4-13(17(18)19)14(7-12)20-2/h3-8,16H,9H2,1-2H3. The summed E-state index contributed by atoms with van der Waals surface area (Å²) in [5, 5.41) is 14.0. The number of nitrogens with zero attached hydrogens (tertiary/aromatic N) is 2. The van der Waals surface area contributed by atoms with E-state index in [0.717, 1.165) is 16.8 Å². The Morgan fingerprint density at radius 2 is 2.20 bits per heavy atom. The predicted molar refractivity (Wildman–Crippen MR) is 75.9 cm³/mol. The lowest BCUT2D eigenvalue weighted by molar-refractivity contribution is -0.385. The molecule has 1 N–H and O–H groups in total. The monoisotopic (exact) mass is 273 g/mol. The van der Waals surface area contributed by atoms with Crippen molar-refractivity contribution >= 4 is 11.4 Å². The molecule has 0 saturated carbocycles. The normalized spacial score (nSPS) is 10.1. The highest BCUT2D eigenvalue weighted by molar-refractivity contribution is 5.58. The molecule has 6 heteroatoms. The molecule has 1 aromatic heterocycles. The zero-order chi connectivity index (χ0) is 14.5. The minimum Gasteiger partial charge on any atom is -0.490 e. The van der Waals surface area contributed by atoms with Gasteiger partial charge in [0.15, 0.2) is 5.75 Å². The molecule has 6 nitrogen and oxygen atoms in total. The Balaban J connectivity index is 2.15. The van der Waals surface area contributed by atoms with Crippen LogP contribution in [-0.2, 0) is 6.54 Å². The fourth-order valence-corrected chi connectivity index (χ4v) is 1.82. The van der Waals surface area contributed by atoms with Crippen LogP contribution in [0.2, 0.25) is 0 Å². The molecule has 1 heterocycles. The molecule has 2 aromatic rings. The molecule has 0 aliphatic heterocycles. The number of methoxy groups -OCH3 is 1. The van der Waals surface area contributed by atoms with E-state index in [-0.39, 0.29) is 11.4 Å². The number of ether oxygens (including phenoxy) is 1. The summed E-state index contributed by atoms with van der Waals surface area (Å²) in [6.45, 7) is 2.61. The third-order valence-corrected chi connectivity index (χ3v) is 3.01. The second kappa shape index (κ2) is 6.01. The van der Waals surface area contributed by atoms with Gasteiger partial charge in [-0.25, -0.2) is 0 Å². The van der Waals surface area contributed by atoms with E-state index < -0.39 is 4.92 Å². The first-order valence-electron chi connectivity index (χ1n) is 6.07. The van der Waals surface area contributed by atoms with Gasteiger partial charge in [0, 0.05) is 36.8 Å². The Morgan fingerprint density at radius 1 is 1.40 bits per heavy atom. The zero-order valence-electron chi connectivity index (χ0n) is 11.3. The van der Waals surface area contributed by atoms with Crippen molar-refractivity contribution in [2.45, 2.75) is 13.5 Å². The maximum Gasteiger partial charge on any atom is 0.311 e. The van der Waals surface area contributed by atoms with Gasteiger partial charge in [0.25, 0.3) is 0 Å². The average Bonchev–Trinajstić information content (AvgIpc) is 2.46. The quantitative estimate of drug-likeness (QED) is 0.669. The van der Waals surface area contributed by atoms with Gasteiger partial charge in [-0.1, -0.05) is 0 Å². The number of aromatic nitrogens is 1. The van der Waals surface area contributed by atoms with E-state index in [1.165, 1.54) is 13.2 Å². The number of benzene rings is 1. The van der Waals surface area contributed by atoms with Crippen LogP contribution in [0.4, 0.5) is 11.4 Å². The first-order chi connectivity index (χ1) is 9.61. The lowest BCUT2D eigenvalue weighted by atomic mass is 10.1. The van der Waals surface area contributed by atoms with Crippen LogP contribution in [-0.4, -0.2) is 17.0 Å². The molecule has 0 fully saturated rings. The van der Waals surface area contributed by atoms with Gasteiger partial charge in [-0.05, 0) is 30.2 Å². The van der Waals surface area contributed by atoms with Gasteiger partial charge < -0.3 is 10.1 Å². The molecule has 20 heavy (non-hydrogen) atoms. The SMILES string of the molecule is COc1cc(NCc2cnccc2C)ccc1[N+](=O)[O-]. The van der Waals surface area contributed by atoms with Crippen LogP contribution < -0.4 is 10.1 Å². The summed E-state index contributed by atoms with van der Waals surface area (Å²) in [6, 6.07) is 6.64. The van der Waals surface area contributed by atoms with E-state index >= 15 is 0 Å². The highest BCUT2D eigenvalue weighted by atomic mass is 16.6. The third kappa shape index (κ3) is 3.03. The molecule has 0 amide bonds. The highest BCUT2D eigenvalue weighted by Crippen LogP contribution is 2.29. The molecule has 0 atom stereocenters. The molecule has 0 bridgehead atoms. The van der Waals surface area contributed by atoms with Crippen molar-refractivity contribution in [1.82, 2.24) is 4.98 Å². The van der Waals surface area contributed by atoms with Gasteiger partial charge in [-0.15, -0.1) is 0 Å². The number of pyridine rings is 1. The van der Waals surface area contributed by atoms with E-state index in [1.807, 2.05) is 13.0 Å². The maximum absolute atomic E-state index is 10.8. The number of aryl methyl sites for hydroxylation is 1. The van der Waals surface area contributed by atoms with Gasteiger partial charge in [0.2, 0.25) is 0 Å². The molecule has 104 valence electrons. The average molecular weight is 273 g/mol. The molecular formula is C14H15N3O3. The molecule has 0 unspecified atom stereocenters. The van der Waals surface area contributed by atoms with Crippen LogP contribution in [0.25, 0.3) is 0 Å². The summed E-state index contributed by atoms with van der Waals surface area (Å²) < 4.78 is 5.03. The van der Waals surface area contributed by atoms with Gasteiger partial charge in [-0.2, -0.15) is 0 Å². The second-order valence-electron chi connectivity index (χ2n) is 4.30. The van der Waals surface area contributed by atoms with Crippen LogP contribution in [0, 0.1) is 17.0 Å². The van der Waals surface area contributed by atoms with E-state index in [0.29, 0.717) is 6.54 Å². The van der Waals surface area contributed by atoms with E-state index in [9.17, 15) is 10.1 Å². The Morgan fingerprint density at radius 3 is 2.85 bits per heavy atom. The molecule has 0 aliphatic carbocycles. The van der Waals surface area contributed by atoms with Crippen molar-refractivity contribution in [1.29, 1.82) is 0 Å². The van der Waals surface area contributed by atoms with Crippen LogP contribution in [0.3, 0.4) is 0 Å². The van der Waals surface area contributed by atoms with Crippen molar-refractivity contribution in [2.24, 2.45) is 0 Å². The first-order valence-corrected chi connectivity index (χ1v) is 6.07. The zero-order valence-corrected chi connectivity index (χ0v) is 11.3. The summed E-state index contributed by atoms with van der Waals surface area (Å²) in [4.78, 5) is 14.4. The number of anilines is 1. The number of hydrogen-bond acceptors (Lipinski definition) is 5. The molecule has 1 aromatic carbocycles. The van der Waals surface area contributed by atoms with Crippen molar-refractivity contribution in [3.05, 3.63) is 57.9 Å². The van der Waals surface area contributed by atoms with Crippen LogP contribution in [0.5, 0.6) is 5.75 Å². The van der Waals surface area contributed by atoms with Gasteiger partial charge in [-0.3, -0.25) is 15.1 Å². The molecule has 0 spiro atoms. The Hall–Kier alpha value is -2.63. The summed E-state index contributed by atoms with van der Waals surface area (Å²) in [5.74, 6) is 0.239. The molecule has 0 aliphatic rings. The molecule has 0 saturated heterocycles. The van der Waals surface area contributed by atoms with E-state index in [4.69, 9.17) is 4.74 Å². The topological polar surface area (TPSA) is 77.3 Å². The first kappa shape index (κ1) is 13.8. The Labute approximate surface area is 116 Å². The number of rotatable bonds is 5. The summed E-state index contributed by atoms with van der Waals surface area (Å²) in [6.07, 6.45) is 3.54. The second-order valence-corrected chi connectivity index (χ2v) is 4.30. The van der Waals surface area contributed by atoms with Crippen LogP contribution >= 0.6 is 0 Å². The lowest BCUT2D eigenvalue weighted by Crippen LogP contribution is -2.02. The van der Waals surface area contributed by atoms with E-state index in [1.54, 1.807) is 24.5 Å². The number of nitrogens with one attached hydrogen (secondary N) is 1. The number of nitro benzene ring substituents is 1. The summed E-state index contributed by atoms with van der Waals surface area (Å²) in [5.41, 5.74) is 2.93. The minimum atomic E-state index is -0.464. The number of hydrogen-bond donors (Lipinski definition) is 1. The fourth-order valence-electron chi connectivity index (χ4n) is 1.82. The lowest BCUT2D eigenvalue weighted by Gasteiger charge is -2.10. The summed E-state index contributed by atoms with van der Waals surface area (Å²) in [7, 11) is 1.41. The molecule has 0 radical (unpaired) electrons. The predicted octanol–water partition coefficient (Wildman–Crippen LogP) is 2.92. The summed E-state index contributed by atoms with van der Waals surface area (Å²) >= 11 is 0. The van der Waals surface area contributed by atoms with Gasteiger partial charge in [0.05, 0.1) is 12.0 Å². The van der Waals surface area contributed by atoms with E-state index in [2.05, 4.69) is 10.3 Å². The van der Waals surface area contributed by atoms with Crippen molar-refractivity contribution in [3.63, 3.8) is 0 Å². The smallest absolute Gasteiger partial charge is 0.311 e. The van der Waals surface area contributed by atoms with Crippen molar-refractivity contribution in [3.8, 4) is 5.75 Å². The fraction of sp³-hybridized carbons (Fsp3) is 0.214. The maximum atomic E-state index is 10.8. The van der Waals surface area contributed by atoms with Gasteiger partial charge in [0.1, 0.15) is 0 Å². The Bertz CT molecular complexity index is 629. The highest BCUT2D eigenvalue weighted by Gasteiger charge is 2.14. The molecular weight excluding hydrogens is 258 g/mol. The van der Waals surface area contributed by atoms with Crippen LogP contribution in [0.1, 0.15) is 11.1 Å². The third-order valence-electron chi connectivity index (χ3n) is 3.01. The molecule has 2 rings (SSSR count). The Kier molecular flexibility index (Phi) is 4.14. The number of nitro groups is 1. The van der Waals surface area contributed by atoms with Crippen molar-refractivity contribution < 1.29 is 9.66 Å². The largest absolute Gasteiger partial charge is 0.490 e. The van der Waals surface area contributed by atoms with Gasteiger partial charge >= 0.3 is 5.69 Å². The van der Waals surface area contributed by atoms with Crippen molar-refractivity contribution in [2.75, 3.05) is 12.4 Å².